The summed E-state index contributed by atoms with van der Waals surface area (Å²) in [4.78, 5) is 2.11. The van der Waals surface area contributed by atoms with Gasteiger partial charge in [-0.25, -0.2) is 0 Å². The normalized spacial score (nSPS) is 12.9. The summed E-state index contributed by atoms with van der Waals surface area (Å²) in [5, 5.41) is 7.28. The fourth-order valence-corrected chi connectivity index (χ4v) is 4.86. The summed E-state index contributed by atoms with van der Waals surface area (Å²) < 4.78 is 0. The molecule has 2 aromatic rings. The number of hydrogen-bond donors (Lipinski definition) is 2. The summed E-state index contributed by atoms with van der Waals surface area (Å²) in [5.74, 6) is 0. The van der Waals surface area contributed by atoms with Gasteiger partial charge < -0.3 is 10.6 Å². The van der Waals surface area contributed by atoms with Crippen molar-refractivity contribution in [3.8, 4) is 0 Å². The van der Waals surface area contributed by atoms with Gasteiger partial charge in [0.2, 0.25) is 0 Å². The molecule has 2 rings (SSSR count). The number of nitrogens with one attached hydrogen (secondary N) is 2. The Morgan fingerprint density at radius 3 is 1.29 bits per heavy atom. The molecule has 186 valence electrons. The lowest BCUT2D eigenvalue weighted by Crippen LogP contribution is -2.29. The van der Waals surface area contributed by atoms with Crippen LogP contribution in [-0.4, -0.2) is 34.9 Å². The number of hydrogen-bond acceptors (Lipinski definition) is 4. The number of unbranched alkanes of at least 4 members (excludes halogenated alkanes) is 3. The van der Waals surface area contributed by atoms with Crippen molar-refractivity contribution in [1.29, 1.82) is 0 Å². The predicted molar refractivity (Wildman–Crippen MR) is 158 cm³/mol. The first-order valence-corrected chi connectivity index (χ1v) is 14.0. The molecule has 0 bridgehead atoms. The Labute approximate surface area is 219 Å². The predicted octanol–water partition coefficient (Wildman–Crippen LogP) is 7.24. The number of benzene rings is 2. The molecule has 0 aliphatic carbocycles. The maximum Gasteiger partial charge on any atom is 0.0239 e. The van der Waals surface area contributed by atoms with E-state index in [1.54, 1.807) is 0 Å². The van der Waals surface area contributed by atoms with Gasteiger partial charge in [0.05, 0.1) is 0 Å². The van der Waals surface area contributed by atoms with E-state index in [4.69, 9.17) is 24.4 Å². The third-order valence-electron chi connectivity index (χ3n) is 6.44. The molecule has 0 amide bonds. The average Bonchev–Trinajstić information content (AvgIpc) is 2.85. The molecule has 34 heavy (non-hydrogen) atoms. The van der Waals surface area contributed by atoms with E-state index in [2.05, 4.69) is 86.9 Å². The number of thiocarbonyl (C=S) groups is 2. The molecule has 2 atom stereocenters. The molecule has 0 saturated heterocycles. The molecular weight excluding hydrogens is 452 g/mol. The molecular formula is C30H44N2S2. The fraction of sp³-hybridized carbons (Fsp3) is 0.533. The monoisotopic (exact) mass is 496 g/mol. The van der Waals surface area contributed by atoms with E-state index in [1.165, 1.54) is 47.9 Å². The molecule has 0 aliphatic rings. The molecule has 0 saturated carbocycles. The number of aryl methyl sites for hydroxylation is 2. The van der Waals surface area contributed by atoms with Gasteiger partial charge in [-0.15, -0.1) is 0 Å². The molecule has 0 aliphatic heterocycles. The summed E-state index contributed by atoms with van der Waals surface area (Å²) in [6.45, 7) is 11.0. The SMILES string of the molecule is CCc1ccc(C(=S)CC(C)NCCCCCCNC(C)CC(=S)c2ccc(CC)cc2)cc1. The van der Waals surface area contributed by atoms with Gasteiger partial charge in [-0.05, 0) is 87.7 Å². The first kappa shape index (κ1) is 28.8. The van der Waals surface area contributed by atoms with Gasteiger partial charge in [0.1, 0.15) is 0 Å². The van der Waals surface area contributed by atoms with Crippen molar-refractivity contribution in [3.05, 3.63) is 70.8 Å². The summed E-state index contributed by atoms with van der Waals surface area (Å²) in [5.41, 5.74) is 5.11. The van der Waals surface area contributed by atoms with Gasteiger partial charge in [0.15, 0.2) is 0 Å². The lowest BCUT2D eigenvalue weighted by atomic mass is 10.0. The van der Waals surface area contributed by atoms with Gasteiger partial charge in [-0.3, -0.25) is 0 Å². The maximum absolute atomic E-state index is 5.66. The van der Waals surface area contributed by atoms with Gasteiger partial charge >= 0.3 is 0 Å². The lowest BCUT2D eigenvalue weighted by Gasteiger charge is -2.16. The Morgan fingerprint density at radius 1 is 0.618 bits per heavy atom. The van der Waals surface area contributed by atoms with Crippen LogP contribution in [0.1, 0.15) is 88.5 Å². The average molecular weight is 497 g/mol. The molecule has 2 nitrogen and oxygen atoms in total. The first-order valence-electron chi connectivity index (χ1n) is 13.1. The molecule has 0 aromatic heterocycles. The van der Waals surface area contributed by atoms with Crippen molar-refractivity contribution in [3.63, 3.8) is 0 Å². The van der Waals surface area contributed by atoms with Crippen LogP contribution < -0.4 is 10.6 Å². The standard InChI is InChI=1S/C30H44N2S2/c1-5-25-11-15-27(16-12-25)29(33)21-23(3)31-19-9-7-8-10-20-32-24(4)22-30(34)28-17-13-26(6-2)14-18-28/h11-18,23-24,31-32H,5-10,19-22H2,1-4H3. The van der Waals surface area contributed by atoms with Crippen LogP contribution in [0.15, 0.2) is 48.5 Å². The molecule has 2 aromatic carbocycles. The van der Waals surface area contributed by atoms with Crippen LogP contribution in [0.25, 0.3) is 0 Å². The second kappa shape index (κ2) is 16.3. The van der Waals surface area contributed by atoms with Crippen LogP contribution in [0.2, 0.25) is 0 Å². The van der Waals surface area contributed by atoms with Crippen LogP contribution in [0, 0.1) is 0 Å². The van der Waals surface area contributed by atoms with Gasteiger partial charge in [0, 0.05) is 21.8 Å². The molecule has 2 unspecified atom stereocenters. The van der Waals surface area contributed by atoms with E-state index in [9.17, 15) is 0 Å². The van der Waals surface area contributed by atoms with Crippen molar-refractivity contribution in [2.24, 2.45) is 0 Å². The van der Waals surface area contributed by atoms with Gasteiger partial charge in [-0.2, -0.15) is 0 Å². The Morgan fingerprint density at radius 2 is 0.971 bits per heavy atom. The fourth-order valence-electron chi connectivity index (χ4n) is 4.09. The summed E-state index contributed by atoms with van der Waals surface area (Å²) in [6.07, 6.45) is 8.96. The zero-order valence-electron chi connectivity index (χ0n) is 21.7. The van der Waals surface area contributed by atoms with Crippen molar-refractivity contribution in [2.75, 3.05) is 13.1 Å². The highest BCUT2D eigenvalue weighted by Gasteiger charge is 2.09. The van der Waals surface area contributed by atoms with Crippen LogP contribution in [0.3, 0.4) is 0 Å². The zero-order valence-corrected chi connectivity index (χ0v) is 23.3. The van der Waals surface area contributed by atoms with Crippen molar-refractivity contribution in [2.45, 2.75) is 91.1 Å². The third kappa shape index (κ3) is 10.9. The smallest absolute Gasteiger partial charge is 0.0239 e. The van der Waals surface area contributed by atoms with Crippen LogP contribution in [-0.2, 0) is 12.8 Å². The van der Waals surface area contributed by atoms with E-state index >= 15 is 0 Å². The van der Waals surface area contributed by atoms with Gasteiger partial charge in [0.25, 0.3) is 0 Å². The van der Waals surface area contributed by atoms with Crippen LogP contribution in [0.5, 0.6) is 0 Å². The Balaban J connectivity index is 1.49. The minimum atomic E-state index is 0.419. The molecule has 0 radical (unpaired) electrons. The molecule has 4 heteroatoms. The highest BCUT2D eigenvalue weighted by molar-refractivity contribution is 7.81. The molecule has 0 heterocycles. The summed E-state index contributed by atoms with van der Waals surface area (Å²) in [7, 11) is 0. The molecule has 2 N–H and O–H groups in total. The maximum atomic E-state index is 5.66. The largest absolute Gasteiger partial charge is 0.314 e. The minimum absolute atomic E-state index is 0.419. The van der Waals surface area contributed by atoms with E-state index in [0.717, 1.165) is 48.5 Å². The summed E-state index contributed by atoms with van der Waals surface area (Å²) >= 11 is 11.3. The Bertz CT molecular complexity index is 785. The molecule has 0 spiro atoms. The van der Waals surface area contributed by atoms with Crippen molar-refractivity contribution >= 4 is 34.2 Å². The minimum Gasteiger partial charge on any atom is -0.314 e. The van der Waals surface area contributed by atoms with Crippen molar-refractivity contribution < 1.29 is 0 Å². The van der Waals surface area contributed by atoms with Gasteiger partial charge in [-0.1, -0.05) is 99.7 Å². The number of rotatable bonds is 17. The first-order chi connectivity index (χ1) is 16.4. The Hall–Kier alpha value is -1.46. The highest BCUT2D eigenvalue weighted by Crippen LogP contribution is 2.12. The third-order valence-corrected chi connectivity index (χ3v) is 7.25. The zero-order chi connectivity index (χ0) is 24.8. The van der Waals surface area contributed by atoms with Crippen LogP contribution in [0.4, 0.5) is 0 Å². The van der Waals surface area contributed by atoms with E-state index < -0.39 is 0 Å². The lowest BCUT2D eigenvalue weighted by molar-refractivity contribution is 0.505. The van der Waals surface area contributed by atoms with Crippen molar-refractivity contribution in [1.82, 2.24) is 10.6 Å². The van der Waals surface area contributed by atoms with E-state index in [0.29, 0.717) is 12.1 Å². The topological polar surface area (TPSA) is 24.1 Å². The van der Waals surface area contributed by atoms with Crippen LogP contribution >= 0.6 is 24.4 Å². The quantitative estimate of drug-likeness (QED) is 0.137. The highest BCUT2D eigenvalue weighted by atomic mass is 32.1. The molecule has 0 fully saturated rings. The van der Waals surface area contributed by atoms with E-state index in [1.807, 2.05) is 0 Å². The Kier molecular flexibility index (Phi) is 13.8. The van der Waals surface area contributed by atoms with E-state index in [-0.39, 0.29) is 0 Å². The second-order valence-corrected chi connectivity index (χ2v) is 10.5. The summed E-state index contributed by atoms with van der Waals surface area (Å²) in [6, 6.07) is 18.3. The second-order valence-electron chi connectivity index (χ2n) is 9.48.